The third kappa shape index (κ3) is 5.49. The van der Waals surface area contributed by atoms with E-state index in [1.165, 1.54) is 48.6 Å². The van der Waals surface area contributed by atoms with Crippen LogP contribution in [0.3, 0.4) is 0 Å². The third-order valence-corrected chi connectivity index (χ3v) is 4.74. The van der Waals surface area contributed by atoms with E-state index in [1.807, 2.05) is 0 Å². The predicted molar refractivity (Wildman–Crippen MR) is 109 cm³/mol. The Morgan fingerprint density at radius 3 is 2.38 bits per heavy atom. The number of ether oxygens (including phenoxy) is 1. The number of rotatable bonds is 6. The summed E-state index contributed by atoms with van der Waals surface area (Å²) in [6.45, 7) is 1.42. The molecule has 2 aromatic carbocycles. The summed E-state index contributed by atoms with van der Waals surface area (Å²) in [6, 6.07) is 15.0. The summed E-state index contributed by atoms with van der Waals surface area (Å²) < 4.78 is 18.3. The van der Waals surface area contributed by atoms with Gasteiger partial charge in [0.1, 0.15) is 5.82 Å². The Kier molecular flexibility index (Phi) is 6.36. The lowest BCUT2D eigenvalue weighted by Crippen LogP contribution is -2.30. The molecule has 0 radical (unpaired) electrons. The molecule has 2 amide bonds. The van der Waals surface area contributed by atoms with Gasteiger partial charge in [0.2, 0.25) is 0 Å². The van der Waals surface area contributed by atoms with Crippen molar-refractivity contribution in [2.75, 3.05) is 10.6 Å². The maximum Gasteiger partial charge on any atom is 0.338 e. The van der Waals surface area contributed by atoms with Gasteiger partial charge in [0, 0.05) is 11.4 Å². The molecule has 0 unspecified atom stereocenters. The Morgan fingerprint density at radius 1 is 0.966 bits per heavy atom. The molecule has 0 aliphatic carbocycles. The number of halogens is 1. The van der Waals surface area contributed by atoms with Gasteiger partial charge in [0.25, 0.3) is 11.8 Å². The van der Waals surface area contributed by atoms with Crippen molar-refractivity contribution in [3.63, 3.8) is 0 Å². The molecule has 29 heavy (non-hydrogen) atoms. The van der Waals surface area contributed by atoms with Gasteiger partial charge < -0.3 is 15.4 Å². The predicted octanol–water partition coefficient (Wildman–Crippen LogP) is 4.32. The number of benzene rings is 2. The van der Waals surface area contributed by atoms with E-state index in [4.69, 9.17) is 4.74 Å². The van der Waals surface area contributed by atoms with Crippen molar-refractivity contribution in [2.45, 2.75) is 13.0 Å². The molecular weight excluding hydrogens is 395 g/mol. The van der Waals surface area contributed by atoms with Crippen molar-refractivity contribution in [1.29, 1.82) is 0 Å². The lowest BCUT2D eigenvalue weighted by molar-refractivity contribution is -0.123. The van der Waals surface area contributed by atoms with Crippen molar-refractivity contribution in [1.82, 2.24) is 0 Å². The van der Waals surface area contributed by atoms with Crippen molar-refractivity contribution >= 4 is 40.5 Å². The van der Waals surface area contributed by atoms with Gasteiger partial charge in [-0.15, -0.1) is 11.3 Å². The molecule has 3 rings (SSSR count). The summed E-state index contributed by atoms with van der Waals surface area (Å²) in [5.74, 6) is -2.00. The molecule has 0 saturated heterocycles. The zero-order chi connectivity index (χ0) is 20.8. The number of amides is 2. The van der Waals surface area contributed by atoms with Crippen LogP contribution in [0.1, 0.15) is 27.0 Å². The highest BCUT2D eigenvalue weighted by Gasteiger charge is 2.19. The molecular formula is C21H17FN2O4S. The van der Waals surface area contributed by atoms with Gasteiger partial charge in [-0.3, -0.25) is 9.59 Å². The molecule has 148 valence electrons. The van der Waals surface area contributed by atoms with Gasteiger partial charge >= 0.3 is 5.97 Å². The van der Waals surface area contributed by atoms with Crippen LogP contribution in [0.15, 0.2) is 66.0 Å². The average molecular weight is 412 g/mol. The van der Waals surface area contributed by atoms with Gasteiger partial charge in [-0.05, 0) is 60.8 Å². The molecule has 0 bridgehead atoms. The number of nitrogens with one attached hydrogen (secondary N) is 2. The van der Waals surface area contributed by atoms with Crippen molar-refractivity contribution in [2.24, 2.45) is 0 Å². The van der Waals surface area contributed by atoms with Crippen LogP contribution in [0.25, 0.3) is 0 Å². The number of carbonyl (C=O) groups is 3. The van der Waals surface area contributed by atoms with E-state index in [9.17, 15) is 18.8 Å². The minimum absolute atomic E-state index is 0.226. The zero-order valence-corrected chi connectivity index (χ0v) is 16.2. The summed E-state index contributed by atoms with van der Waals surface area (Å²) in [6.07, 6.45) is -1.08. The number of thiophene rings is 1. The Morgan fingerprint density at radius 2 is 1.72 bits per heavy atom. The first-order valence-corrected chi connectivity index (χ1v) is 9.52. The number of hydrogen-bond acceptors (Lipinski definition) is 5. The Labute approximate surface area is 170 Å². The van der Waals surface area contributed by atoms with Crippen LogP contribution in [0.2, 0.25) is 0 Å². The summed E-state index contributed by atoms with van der Waals surface area (Å²) in [5.41, 5.74) is 1.02. The van der Waals surface area contributed by atoms with E-state index >= 15 is 0 Å². The van der Waals surface area contributed by atoms with Crippen LogP contribution < -0.4 is 10.6 Å². The molecule has 0 fully saturated rings. The average Bonchev–Trinajstić information content (AvgIpc) is 3.23. The molecule has 0 aliphatic heterocycles. The van der Waals surface area contributed by atoms with Gasteiger partial charge in [-0.1, -0.05) is 12.1 Å². The van der Waals surface area contributed by atoms with Gasteiger partial charge in [-0.2, -0.15) is 0 Å². The van der Waals surface area contributed by atoms with Gasteiger partial charge in [0.05, 0.1) is 10.4 Å². The first-order valence-electron chi connectivity index (χ1n) is 8.65. The number of esters is 1. The molecule has 8 heteroatoms. The minimum Gasteiger partial charge on any atom is -0.449 e. The summed E-state index contributed by atoms with van der Waals surface area (Å²) in [5, 5.41) is 7.01. The summed E-state index contributed by atoms with van der Waals surface area (Å²) in [7, 11) is 0. The van der Waals surface area contributed by atoms with Gasteiger partial charge in [-0.25, -0.2) is 9.18 Å². The Hall–Kier alpha value is -3.52. The van der Waals surface area contributed by atoms with Crippen LogP contribution in [0, 0.1) is 5.82 Å². The second kappa shape index (κ2) is 9.11. The first-order chi connectivity index (χ1) is 13.9. The summed E-state index contributed by atoms with van der Waals surface area (Å²) >= 11 is 1.32. The molecule has 6 nitrogen and oxygen atoms in total. The van der Waals surface area contributed by atoms with Crippen molar-refractivity contribution in [3.8, 4) is 0 Å². The molecule has 1 heterocycles. The van der Waals surface area contributed by atoms with Crippen LogP contribution >= 0.6 is 11.3 Å². The molecule has 1 aromatic heterocycles. The van der Waals surface area contributed by atoms with Crippen LogP contribution in [-0.4, -0.2) is 23.9 Å². The SMILES string of the molecule is C[C@@H](OC(=O)c1ccc(NC(=O)c2cccs2)cc1)C(=O)Nc1cccc(F)c1. The molecule has 1 atom stereocenters. The van der Waals surface area contributed by atoms with E-state index in [1.54, 1.807) is 29.6 Å². The highest BCUT2D eigenvalue weighted by atomic mass is 32.1. The lowest BCUT2D eigenvalue weighted by Gasteiger charge is -2.14. The molecule has 0 saturated carbocycles. The molecule has 2 N–H and O–H groups in total. The van der Waals surface area contributed by atoms with Crippen molar-refractivity contribution < 1.29 is 23.5 Å². The Balaban J connectivity index is 1.55. The number of anilines is 2. The number of carbonyl (C=O) groups excluding carboxylic acids is 3. The fraction of sp³-hybridized carbons (Fsp3) is 0.0952. The zero-order valence-electron chi connectivity index (χ0n) is 15.3. The smallest absolute Gasteiger partial charge is 0.338 e. The molecule has 0 aliphatic rings. The summed E-state index contributed by atoms with van der Waals surface area (Å²) in [4.78, 5) is 37.0. The normalized spacial score (nSPS) is 11.4. The van der Waals surface area contributed by atoms with E-state index in [-0.39, 0.29) is 17.2 Å². The maximum absolute atomic E-state index is 13.2. The third-order valence-electron chi connectivity index (χ3n) is 3.87. The van der Waals surface area contributed by atoms with Crippen molar-refractivity contribution in [3.05, 3.63) is 82.3 Å². The van der Waals surface area contributed by atoms with E-state index in [2.05, 4.69) is 10.6 Å². The maximum atomic E-state index is 13.2. The highest BCUT2D eigenvalue weighted by molar-refractivity contribution is 7.12. The van der Waals surface area contributed by atoms with E-state index < -0.39 is 23.8 Å². The van der Waals surface area contributed by atoms with Crippen LogP contribution in [0.5, 0.6) is 0 Å². The quantitative estimate of drug-likeness (QED) is 0.591. The number of hydrogen-bond donors (Lipinski definition) is 2. The highest BCUT2D eigenvalue weighted by Crippen LogP contribution is 2.16. The topological polar surface area (TPSA) is 84.5 Å². The molecule has 0 spiro atoms. The van der Waals surface area contributed by atoms with Crippen LogP contribution in [0.4, 0.5) is 15.8 Å². The van der Waals surface area contributed by atoms with E-state index in [0.717, 1.165) is 6.07 Å². The fourth-order valence-electron chi connectivity index (χ4n) is 2.38. The lowest BCUT2D eigenvalue weighted by atomic mass is 10.2. The van der Waals surface area contributed by atoms with Gasteiger partial charge in [0.15, 0.2) is 6.10 Å². The van der Waals surface area contributed by atoms with E-state index in [0.29, 0.717) is 10.6 Å². The second-order valence-electron chi connectivity index (χ2n) is 6.06. The Bertz CT molecular complexity index is 1020. The molecule has 3 aromatic rings. The monoisotopic (exact) mass is 412 g/mol. The first kappa shape index (κ1) is 20.2. The largest absolute Gasteiger partial charge is 0.449 e. The second-order valence-corrected chi connectivity index (χ2v) is 7.00. The van der Waals surface area contributed by atoms with Crippen LogP contribution in [-0.2, 0) is 9.53 Å². The standard InChI is InChI=1S/C21H17FN2O4S/c1-13(19(25)24-17-5-2-4-15(22)12-17)28-21(27)14-7-9-16(10-8-14)23-20(26)18-6-3-11-29-18/h2-13H,1H3,(H,23,26)(H,24,25)/t13-/m1/s1. The fourth-order valence-corrected chi connectivity index (χ4v) is 3.00. The minimum atomic E-state index is -1.08.